The monoisotopic (exact) mass is 613 g/mol. The molecule has 2 fully saturated rings. The second-order valence-electron chi connectivity index (χ2n) is 11.9. The lowest BCUT2D eigenvalue weighted by Gasteiger charge is -2.39. The van der Waals surface area contributed by atoms with Gasteiger partial charge in [-0.2, -0.15) is 0 Å². The first-order chi connectivity index (χ1) is 20.5. The van der Waals surface area contributed by atoms with Gasteiger partial charge in [0.25, 0.3) is 0 Å². The highest BCUT2D eigenvalue weighted by atomic mass is 19.1. The van der Waals surface area contributed by atoms with Gasteiger partial charge in [0.15, 0.2) is 0 Å². The van der Waals surface area contributed by atoms with Gasteiger partial charge in [0.05, 0.1) is 31.8 Å². The minimum atomic E-state index is -1.68. The summed E-state index contributed by atoms with van der Waals surface area (Å²) in [6.45, 7) is 6.13. The molecule has 0 radical (unpaired) electrons. The number of likely N-dealkylation sites (tertiary alicyclic amines) is 2. The van der Waals surface area contributed by atoms with E-state index in [0.717, 1.165) is 25.7 Å². The molecule has 0 unspecified atom stereocenters. The van der Waals surface area contributed by atoms with Gasteiger partial charge in [0, 0.05) is 51.3 Å². The van der Waals surface area contributed by atoms with Crippen molar-refractivity contribution in [3.05, 3.63) is 29.6 Å². The number of benzene rings is 1. The van der Waals surface area contributed by atoms with Gasteiger partial charge in [-0.25, -0.2) is 9.18 Å². The number of nitrogens with zero attached hydrogens (tertiary/aromatic N) is 2. The van der Waals surface area contributed by atoms with Gasteiger partial charge < -0.3 is 50.1 Å². The van der Waals surface area contributed by atoms with Crippen LogP contribution in [0.2, 0.25) is 0 Å². The Morgan fingerprint density at radius 3 is 2.33 bits per heavy atom. The number of carbonyl (C=O) groups is 2. The number of amides is 2. The molecule has 3 rings (SSSR count). The maximum absolute atomic E-state index is 14.7. The van der Waals surface area contributed by atoms with Crippen LogP contribution in [0.25, 0.3) is 0 Å². The number of rotatable bonds is 16. The zero-order valence-corrected chi connectivity index (χ0v) is 25.1. The summed E-state index contributed by atoms with van der Waals surface area (Å²) in [7, 11) is 0. The molecule has 0 bridgehead atoms. The lowest BCUT2D eigenvalue weighted by molar-refractivity contribution is -0.136. The highest BCUT2D eigenvalue weighted by molar-refractivity contribution is 5.79. The number of nitrogens with one attached hydrogen (secondary N) is 1. The fraction of sp³-hybridized carbons (Fsp3) is 0.733. The summed E-state index contributed by atoms with van der Waals surface area (Å²) in [4.78, 5) is 28.0. The van der Waals surface area contributed by atoms with Crippen LogP contribution in [0.15, 0.2) is 18.2 Å². The molecule has 2 saturated heterocycles. The summed E-state index contributed by atoms with van der Waals surface area (Å²) in [6, 6.07) is 4.55. The number of hydrogen-bond donors (Lipinski definition) is 6. The predicted octanol–water partition coefficient (Wildman–Crippen LogP) is 0.268. The van der Waals surface area contributed by atoms with Gasteiger partial charge in [-0.1, -0.05) is 6.07 Å². The molecule has 12 nitrogen and oxygen atoms in total. The number of carbonyl (C=O) groups excluding carboxylic acids is 2. The summed E-state index contributed by atoms with van der Waals surface area (Å²) >= 11 is 0. The van der Waals surface area contributed by atoms with E-state index in [2.05, 4.69) is 5.32 Å². The third kappa shape index (κ3) is 10.8. The van der Waals surface area contributed by atoms with Crippen LogP contribution in [-0.2, 0) is 16.0 Å². The van der Waals surface area contributed by atoms with Crippen molar-refractivity contribution in [2.24, 2.45) is 11.8 Å². The molecular formula is C30H48FN3O9. The first kappa shape index (κ1) is 34.9. The molecule has 13 heteroatoms. The predicted molar refractivity (Wildman–Crippen MR) is 155 cm³/mol. The number of hydrogen-bond acceptors (Lipinski definition) is 10. The van der Waals surface area contributed by atoms with E-state index < -0.39 is 36.8 Å². The van der Waals surface area contributed by atoms with Crippen LogP contribution < -0.4 is 10.1 Å². The molecule has 0 aromatic heterocycles. The van der Waals surface area contributed by atoms with Crippen LogP contribution in [0.5, 0.6) is 5.75 Å². The Labute approximate surface area is 252 Å². The third-order valence-corrected chi connectivity index (χ3v) is 8.02. The molecule has 1 aromatic rings. The fourth-order valence-electron chi connectivity index (χ4n) is 5.30. The molecule has 2 amide bonds. The Bertz CT molecular complexity index is 1020. The largest absolute Gasteiger partial charge is 0.493 e. The summed E-state index contributed by atoms with van der Waals surface area (Å²) in [5.41, 5.74) is 0.294. The van der Waals surface area contributed by atoms with Crippen LogP contribution in [0.3, 0.4) is 0 Å². The number of aliphatic hydroxyl groups is 5. The average Bonchev–Trinajstić information content (AvgIpc) is 2.96. The van der Waals surface area contributed by atoms with E-state index in [1.54, 1.807) is 21.9 Å². The van der Waals surface area contributed by atoms with Gasteiger partial charge in [-0.05, 0) is 57.1 Å². The number of ether oxygens (including phenoxy) is 2. The van der Waals surface area contributed by atoms with Crippen molar-refractivity contribution in [3.8, 4) is 5.75 Å². The summed E-state index contributed by atoms with van der Waals surface area (Å²) in [5.74, 6) is 0.367. The van der Waals surface area contributed by atoms with Crippen LogP contribution in [-0.4, -0.2) is 130 Å². The van der Waals surface area contributed by atoms with E-state index in [1.165, 1.54) is 6.07 Å². The molecule has 2 aliphatic heterocycles. The van der Waals surface area contributed by atoms with E-state index in [9.17, 15) is 34.4 Å². The SMILES string of the molecule is CC(C)OC(=O)N1CCC(CCCOc2ccc(CC(=O)N3CC(CNC[C@H](O)[C@@H](O)[C@H](O)[C@H](O)CO)C3)c(F)c2)CC1. The van der Waals surface area contributed by atoms with Crippen molar-refractivity contribution in [2.75, 3.05) is 52.5 Å². The first-order valence-electron chi connectivity index (χ1n) is 15.2. The maximum atomic E-state index is 14.7. The van der Waals surface area contributed by atoms with Gasteiger partial charge in [-0.3, -0.25) is 4.79 Å². The normalized spacial score (nSPS) is 19.1. The zero-order valence-electron chi connectivity index (χ0n) is 25.1. The van der Waals surface area contributed by atoms with Crippen molar-refractivity contribution >= 4 is 12.0 Å². The maximum Gasteiger partial charge on any atom is 0.410 e. The van der Waals surface area contributed by atoms with Gasteiger partial charge in [0.1, 0.15) is 29.9 Å². The quantitative estimate of drug-likeness (QED) is 0.142. The van der Waals surface area contributed by atoms with Gasteiger partial charge in [-0.15, -0.1) is 0 Å². The number of halogens is 1. The second kappa shape index (κ2) is 17.1. The van der Waals surface area contributed by atoms with Crippen molar-refractivity contribution < 1.29 is 49.0 Å². The number of piperidine rings is 1. The fourth-order valence-corrected chi connectivity index (χ4v) is 5.30. The topological polar surface area (TPSA) is 172 Å². The molecule has 2 heterocycles. The Morgan fingerprint density at radius 2 is 1.70 bits per heavy atom. The molecule has 4 atom stereocenters. The van der Waals surface area contributed by atoms with E-state index >= 15 is 0 Å². The van der Waals surface area contributed by atoms with Crippen molar-refractivity contribution in [1.29, 1.82) is 0 Å². The second-order valence-corrected chi connectivity index (χ2v) is 11.9. The molecule has 244 valence electrons. The van der Waals surface area contributed by atoms with E-state index in [4.69, 9.17) is 14.6 Å². The molecule has 1 aromatic carbocycles. The first-order valence-corrected chi connectivity index (χ1v) is 15.2. The Hall–Kier alpha value is -2.55. The van der Waals surface area contributed by atoms with Crippen LogP contribution in [0.4, 0.5) is 9.18 Å². The van der Waals surface area contributed by atoms with Gasteiger partial charge in [0.2, 0.25) is 5.91 Å². The Morgan fingerprint density at radius 1 is 1.02 bits per heavy atom. The van der Waals surface area contributed by atoms with Gasteiger partial charge >= 0.3 is 6.09 Å². The summed E-state index contributed by atoms with van der Waals surface area (Å²) in [6.07, 6.45) is -3.01. The molecule has 43 heavy (non-hydrogen) atoms. The van der Waals surface area contributed by atoms with Crippen molar-refractivity contribution in [2.45, 2.75) is 76.5 Å². The lowest BCUT2D eigenvalue weighted by Crippen LogP contribution is -2.55. The van der Waals surface area contributed by atoms with Crippen molar-refractivity contribution in [1.82, 2.24) is 15.1 Å². The third-order valence-electron chi connectivity index (χ3n) is 8.02. The van der Waals surface area contributed by atoms with E-state index in [0.29, 0.717) is 56.6 Å². The Kier molecular flexibility index (Phi) is 13.9. The molecule has 0 aliphatic carbocycles. The zero-order chi connectivity index (χ0) is 31.5. The van der Waals surface area contributed by atoms with E-state index in [1.807, 2.05) is 13.8 Å². The molecule has 0 spiro atoms. The van der Waals surface area contributed by atoms with Crippen molar-refractivity contribution in [3.63, 3.8) is 0 Å². The Balaban J connectivity index is 1.28. The average molecular weight is 614 g/mol. The van der Waals surface area contributed by atoms with Crippen LogP contribution in [0.1, 0.15) is 45.1 Å². The minimum Gasteiger partial charge on any atom is -0.493 e. The highest BCUT2D eigenvalue weighted by Crippen LogP contribution is 2.24. The molecule has 2 aliphatic rings. The molecule has 0 saturated carbocycles. The summed E-state index contributed by atoms with van der Waals surface area (Å²) < 4.78 is 25.7. The van der Waals surface area contributed by atoms with Crippen LogP contribution in [0, 0.1) is 17.7 Å². The van der Waals surface area contributed by atoms with E-state index in [-0.39, 0.29) is 37.0 Å². The van der Waals surface area contributed by atoms with Crippen LogP contribution >= 0.6 is 0 Å². The summed E-state index contributed by atoms with van der Waals surface area (Å²) in [5, 5.41) is 50.6. The smallest absolute Gasteiger partial charge is 0.410 e. The highest BCUT2D eigenvalue weighted by Gasteiger charge is 2.32. The molecule has 6 N–H and O–H groups in total. The standard InChI is InChI=1S/C30H48FN3O9/c1-19(2)43-30(41)33-9-7-20(8-10-33)4-3-11-42-23-6-5-22(24(31)13-23)12-27(38)34-16-21(17-34)14-32-15-25(36)28(39)29(40)26(37)18-35/h5-6,13,19-21,25-26,28-29,32,35-37,39-40H,3-4,7-12,14-18H2,1-2H3/t25-,26+,28+,29+/m0/s1. The number of aliphatic hydroxyl groups excluding tert-OH is 5. The lowest BCUT2D eigenvalue weighted by atomic mass is 9.92. The minimum absolute atomic E-state index is 0.0453. The molecular weight excluding hydrogens is 565 g/mol.